The van der Waals surface area contributed by atoms with Gasteiger partial charge in [0.1, 0.15) is 0 Å². The SMILES string of the molecule is O=S(=O)(CC1Cc2ccccc2N(Cc2cccc(Cl)c2)C1)c1ccccc1. The minimum atomic E-state index is -3.31. The molecule has 0 radical (unpaired) electrons. The molecule has 3 aromatic rings. The van der Waals surface area contributed by atoms with Crippen molar-refractivity contribution in [1.29, 1.82) is 0 Å². The fraction of sp³-hybridized carbons (Fsp3) is 0.217. The van der Waals surface area contributed by atoms with Gasteiger partial charge in [0.05, 0.1) is 10.6 Å². The summed E-state index contributed by atoms with van der Waals surface area (Å²) in [4.78, 5) is 2.67. The number of benzene rings is 3. The van der Waals surface area contributed by atoms with Crippen LogP contribution in [0.2, 0.25) is 5.02 Å². The van der Waals surface area contributed by atoms with Gasteiger partial charge in [-0.05, 0) is 53.8 Å². The van der Waals surface area contributed by atoms with Gasteiger partial charge in [-0.15, -0.1) is 0 Å². The second-order valence-electron chi connectivity index (χ2n) is 7.30. The molecule has 0 fully saturated rings. The van der Waals surface area contributed by atoms with Crippen LogP contribution in [0.1, 0.15) is 11.1 Å². The van der Waals surface area contributed by atoms with Crippen LogP contribution in [-0.4, -0.2) is 20.7 Å². The maximum atomic E-state index is 12.9. The van der Waals surface area contributed by atoms with E-state index in [4.69, 9.17) is 11.6 Å². The van der Waals surface area contributed by atoms with Crippen molar-refractivity contribution in [2.75, 3.05) is 17.2 Å². The zero-order valence-corrected chi connectivity index (χ0v) is 17.0. The summed E-state index contributed by atoms with van der Waals surface area (Å²) in [6.45, 7) is 1.41. The second-order valence-corrected chi connectivity index (χ2v) is 9.77. The summed E-state index contributed by atoms with van der Waals surface area (Å²) < 4.78 is 25.8. The quantitative estimate of drug-likeness (QED) is 0.593. The van der Waals surface area contributed by atoms with Crippen molar-refractivity contribution in [2.45, 2.75) is 17.9 Å². The van der Waals surface area contributed by atoms with Crippen molar-refractivity contribution in [1.82, 2.24) is 0 Å². The Hall–Kier alpha value is -2.30. The molecule has 5 heteroatoms. The Morgan fingerprint density at radius 1 is 0.929 bits per heavy atom. The summed E-state index contributed by atoms with van der Waals surface area (Å²) >= 11 is 6.15. The highest BCUT2D eigenvalue weighted by atomic mass is 35.5. The molecule has 144 valence electrons. The fourth-order valence-corrected chi connectivity index (χ4v) is 5.75. The van der Waals surface area contributed by atoms with Crippen LogP contribution in [0.5, 0.6) is 0 Å². The van der Waals surface area contributed by atoms with Gasteiger partial charge in [0.25, 0.3) is 0 Å². The number of hydrogen-bond donors (Lipinski definition) is 0. The molecule has 0 saturated heterocycles. The third-order valence-corrected chi connectivity index (χ3v) is 7.28. The van der Waals surface area contributed by atoms with E-state index in [9.17, 15) is 8.42 Å². The number of hydrogen-bond acceptors (Lipinski definition) is 3. The van der Waals surface area contributed by atoms with Gasteiger partial charge in [0, 0.05) is 23.8 Å². The van der Waals surface area contributed by atoms with Crippen LogP contribution in [0, 0.1) is 5.92 Å². The van der Waals surface area contributed by atoms with Gasteiger partial charge in [0.2, 0.25) is 0 Å². The zero-order valence-electron chi connectivity index (χ0n) is 15.5. The molecule has 0 aliphatic carbocycles. The molecule has 1 aliphatic heterocycles. The lowest BCUT2D eigenvalue weighted by atomic mass is 9.93. The molecule has 1 aliphatic rings. The summed E-state index contributed by atoms with van der Waals surface area (Å²) in [5.41, 5.74) is 3.49. The number of anilines is 1. The smallest absolute Gasteiger partial charge is 0.178 e. The Labute approximate surface area is 171 Å². The number of para-hydroxylation sites is 1. The van der Waals surface area contributed by atoms with E-state index in [0.717, 1.165) is 12.0 Å². The maximum absolute atomic E-state index is 12.9. The molecule has 4 rings (SSSR count). The Morgan fingerprint density at radius 2 is 1.68 bits per heavy atom. The minimum Gasteiger partial charge on any atom is -0.367 e. The molecule has 1 heterocycles. The van der Waals surface area contributed by atoms with Crippen molar-refractivity contribution in [3.63, 3.8) is 0 Å². The van der Waals surface area contributed by atoms with E-state index in [1.165, 1.54) is 11.3 Å². The van der Waals surface area contributed by atoms with E-state index in [1.54, 1.807) is 24.3 Å². The Kier molecular flexibility index (Phi) is 5.42. The molecule has 0 amide bonds. The first-order valence-corrected chi connectivity index (χ1v) is 11.4. The molecule has 0 bridgehead atoms. The molecule has 1 atom stereocenters. The molecule has 1 unspecified atom stereocenters. The normalized spacial score (nSPS) is 16.6. The Bertz CT molecular complexity index is 1070. The Morgan fingerprint density at radius 3 is 2.46 bits per heavy atom. The van der Waals surface area contributed by atoms with Crippen LogP contribution in [0.25, 0.3) is 0 Å². The van der Waals surface area contributed by atoms with E-state index < -0.39 is 9.84 Å². The monoisotopic (exact) mass is 411 g/mol. The standard InChI is InChI=1S/C23H22ClNO2S/c24-21-9-6-7-18(14-21)15-25-16-19(13-20-8-4-5-12-23(20)25)17-28(26,27)22-10-2-1-3-11-22/h1-12,14,19H,13,15-17H2. The summed E-state index contributed by atoms with van der Waals surface area (Å²) in [6, 6.07) is 24.8. The molecule has 3 aromatic carbocycles. The number of sulfone groups is 1. The fourth-order valence-electron chi connectivity index (χ4n) is 3.93. The lowest BCUT2D eigenvalue weighted by Gasteiger charge is -2.36. The molecule has 0 spiro atoms. The predicted octanol–water partition coefficient (Wildman–Crippen LogP) is 4.99. The van der Waals surface area contributed by atoms with Crippen LogP contribution in [0.4, 0.5) is 5.69 Å². The zero-order chi connectivity index (χ0) is 19.6. The molecular formula is C23H22ClNO2S. The van der Waals surface area contributed by atoms with E-state index in [1.807, 2.05) is 36.4 Å². The van der Waals surface area contributed by atoms with Gasteiger partial charge < -0.3 is 4.90 Å². The first kappa shape index (κ1) is 19.0. The minimum absolute atomic E-state index is 0.0410. The second kappa shape index (κ2) is 7.98. The highest BCUT2D eigenvalue weighted by Crippen LogP contribution is 2.32. The number of halogens is 1. The van der Waals surface area contributed by atoms with Gasteiger partial charge >= 0.3 is 0 Å². The van der Waals surface area contributed by atoms with Crippen LogP contribution < -0.4 is 4.90 Å². The number of nitrogens with zero attached hydrogens (tertiary/aromatic N) is 1. The molecule has 3 nitrogen and oxygen atoms in total. The van der Waals surface area contributed by atoms with Crippen molar-refractivity contribution in [3.8, 4) is 0 Å². The van der Waals surface area contributed by atoms with Gasteiger partial charge in [-0.3, -0.25) is 0 Å². The average molecular weight is 412 g/mol. The lowest BCUT2D eigenvalue weighted by molar-refractivity contribution is 0.516. The maximum Gasteiger partial charge on any atom is 0.178 e. The van der Waals surface area contributed by atoms with Crippen LogP contribution in [0.15, 0.2) is 83.8 Å². The summed E-state index contributed by atoms with van der Waals surface area (Å²) in [5.74, 6) is 0.191. The topological polar surface area (TPSA) is 37.4 Å². The molecule has 0 saturated carbocycles. The highest BCUT2D eigenvalue weighted by Gasteiger charge is 2.29. The third kappa shape index (κ3) is 4.23. The van der Waals surface area contributed by atoms with Crippen molar-refractivity contribution in [2.24, 2.45) is 5.92 Å². The first-order valence-electron chi connectivity index (χ1n) is 9.36. The summed E-state index contributed by atoms with van der Waals surface area (Å²) in [5, 5.41) is 0.714. The largest absolute Gasteiger partial charge is 0.367 e. The summed E-state index contributed by atoms with van der Waals surface area (Å²) in [7, 11) is -3.31. The molecule has 0 aromatic heterocycles. The van der Waals surface area contributed by atoms with Gasteiger partial charge in [-0.2, -0.15) is 0 Å². The first-order chi connectivity index (χ1) is 13.5. The van der Waals surface area contributed by atoms with E-state index in [-0.39, 0.29) is 11.7 Å². The van der Waals surface area contributed by atoms with Crippen LogP contribution >= 0.6 is 11.6 Å². The third-order valence-electron chi connectivity index (χ3n) is 5.14. The van der Waals surface area contributed by atoms with Crippen molar-refractivity contribution < 1.29 is 8.42 Å². The molecular weight excluding hydrogens is 390 g/mol. The predicted molar refractivity (Wildman–Crippen MR) is 115 cm³/mol. The van der Waals surface area contributed by atoms with Gasteiger partial charge in [-0.1, -0.05) is 60.1 Å². The van der Waals surface area contributed by atoms with Crippen molar-refractivity contribution in [3.05, 3.63) is 95.0 Å². The average Bonchev–Trinajstić information content (AvgIpc) is 2.68. The van der Waals surface area contributed by atoms with E-state index >= 15 is 0 Å². The van der Waals surface area contributed by atoms with Gasteiger partial charge in [-0.25, -0.2) is 8.42 Å². The summed E-state index contributed by atoms with van der Waals surface area (Å²) in [6.07, 6.45) is 0.772. The number of fused-ring (bicyclic) bond motifs is 1. The molecule has 28 heavy (non-hydrogen) atoms. The Balaban J connectivity index is 1.59. The van der Waals surface area contributed by atoms with Gasteiger partial charge in [0.15, 0.2) is 9.84 Å². The lowest BCUT2D eigenvalue weighted by Crippen LogP contribution is -2.38. The van der Waals surface area contributed by atoms with E-state index in [0.29, 0.717) is 23.0 Å². The van der Waals surface area contributed by atoms with Crippen molar-refractivity contribution >= 4 is 27.1 Å². The van der Waals surface area contributed by atoms with E-state index in [2.05, 4.69) is 23.1 Å². The van der Waals surface area contributed by atoms with Crippen LogP contribution in [-0.2, 0) is 22.8 Å². The highest BCUT2D eigenvalue weighted by molar-refractivity contribution is 7.91. The number of rotatable bonds is 5. The molecule has 0 N–H and O–H groups in total. The van der Waals surface area contributed by atoms with Crippen LogP contribution in [0.3, 0.4) is 0 Å².